The van der Waals surface area contributed by atoms with Crippen LogP contribution in [0.5, 0.6) is 17.2 Å². The maximum Gasteiger partial charge on any atom is 0.295 e. The molecule has 0 saturated carbocycles. The van der Waals surface area contributed by atoms with E-state index in [1.807, 2.05) is 0 Å². The molecule has 2 unspecified atom stereocenters. The van der Waals surface area contributed by atoms with Crippen molar-refractivity contribution in [1.82, 2.24) is 4.90 Å². The van der Waals surface area contributed by atoms with Gasteiger partial charge in [0.2, 0.25) is 0 Å². The van der Waals surface area contributed by atoms with Crippen molar-refractivity contribution in [3.63, 3.8) is 0 Å². The summed E-state index contributed by atoms with van der Waals surface area (Å²) in [6.07, 6.45) is 3.22. The number of Topliss-reactive ketones (excluding diaryl/α,β-unsaturated/α-hetero) is 1. The molecule has 1 N–H and O–H groups in total. The Balaban J connectivity index is 1.56. The number of hydrogen-bond donors (Lipinski definition) is 1. The number of aliphatic hydroxyl groups excluding tert-OH is 1. The lowest BCUT2D eigenvalue weighted by atomic mass is 9.95. The molecule has 2 aromatic carbocycles. The number of benzene rings is 2. The number of carbonyl (C=O) groups is 2. The molecule has 8 heteroatoms. The van der Waals surface area contributed by atoms with Gasteiger partial charge in [0, 0.05) is 18.7 Å². The van der Waals surface area contributed by atoms with Gasteiger partial charge in [-0.1, -0.05) is 24.8 Å². The first-order valence-corrected chi connectivity index (χ1v) is 11.7. The summed E-state index contributed by atoms with van der Waals surface area (Å²) in [7, 11) is 0. The van der Waals surface area contributed by atoms with Gasteiger partial charge in [0.15, 0.2) is 11.5 Å². The molecule has 3 aliphatic rings. The van der Waals surface area contributed by atoms with E-state index in [1.54, 1.807) is 48.5 Å². The molecule has 1 amide bonds. The van der Waals surface area contributed by atoms with Crippen LogP contribution in [-0.4, -0.2) is 60.8 Å². The number of rotatable bonds is 7. The number of nitrogens with zero attached hydrogens (tertiary/aromatic N) is 1. The molecule has 0 bridgehead atoms. The SMILES string of the molecule is C=CCOc1ccc(C2/C(=C(\O)c3ccc4c(c3)OCCO4)C(=O)C(=O)N2CC2CCCO2)cc1. The Morgan fingerprint density at radius 2 is 1.86 bits per heavy atom. The lowest BCUT2D eigenvalue weighted by Gasteiger charge is -2.27. The summed E-state index contributed by atoms with van der Waals surface area (Å²) in [6.45, 7) is 5.74. The third-order valence-electron chi connectivity index (χ3n) is 6.34. The Morgan fingerprint density at radius 3 is 2.57 bits per heavy atom. The topological polar surface area (TPSA) is 94.5 Å². The van der Waals surface area contributed by atoms with E-state index < -0.39 is 17.7 Å². The van der Waals surface area contributed by atoms with Crippen LogP contribution in [0, 0.1) is 0 Å². The summed E-state index contributed by atoms with van der Waals surface area (Å²) < 4.78 is 22.5. The highest BCUT2D eigenvalue weighted by molar-refractivity contribution is 6.46. The van der Waals surface area contributed by atoms with Crippen molar-refractivity contribution in [2.45, 2.75) is 25.0 Å². The Morgan fingerprint density at radius 1 is 1.09 bits per heavy atom. The van der Waals surface area contributed by atoms with Crippen LogP contribution in [0.4, 0.5) is 0 Å². The minimum atomic E-state index is -0.763. The molecule has 0 aromatic heterocycles. The zero-order valence-electron chi connectivity index (χ0n) is 19.3. The second kappa shape index (κ2) is 9.84. The van der Waals surface area contributed by atoms with E-state index in [0.29, 0.717) is 54.8 Å². The van der Waals surface area contributed by atoms with Crippen molar-refractivity contribution in [2.24, 2.45) is 0 Å². The molecule has 2 atom stereocenters. The molecular weight excluding hydrogens is 450 g/mol. The van der Waals surface area contributed by atoms with Gasteiger partial charge >= 0.3 is 0 Å². The number of carbonyl (C=O) groups excluding carboxylic acids is 2. The molecule has 0 spiro atoms. The molecule has 2 aromatic rings. The summed E-state index contributed by atoms with van der Waals surface area (Å²) >= 11 is 0. The average Bonchev–Trinajstić information content (AvgIpc) is 3.49. The highest BCUT2D eigenvalue weighted by Crippen LogP contribution is 2.42. The van der Waals surface area contributed by atoms with E-state index in [1.165, 1.54) is 4.90 Å². The molecule has 0 radical (unpaired) electrons. The molecule has 2 saturated heterocycles. The van der Waals surface area contributed by atoms with Crippen LogP contribution in [0.25, 0.3) is 5.76 Å². The van der Waals surface area contributed by atoms with Crippen molar-refractivity contribution in [3.8, 4) is 17.2 Å². The predicted octanol–water partition coefficient (Wildman–Crippen LogP) is 3.62. The molecule has 3 aliphatic heterocycles. The molecule has 2 fully saturated rings. The smallest absolute Gasteiger partial charge is 0.295 e. The van der Waals surface area contributed by atoms with Gasteiger partial charge in [-0.25, -0.2) is 0 Å². The predicted molar refractivity (Wildman–Crippen MR) is 128 cm³/mol. The fraction of sp³-hybridized carbons (Fsp3) is 0.333. The molecule has 35 heavy (non-hydrogen) atoms. The number of fused-ring (bicyclic) bond motifs is 1. The number of amides is 1. The third kappa shape index (κ3) is 4.49. The number of hydrogen-bond acceptors (Lipinski definition) is 7. The molecule has 3 heterocycles. The zero-order valence-corrected chi connectivity index (χ0v) is 19.3. The molecular formula is C27H27NO7. The largest absolute Gasteiger partial charge is 0.507 e. The van der Waals surface area contributed by atoms with Gasteiger partial charge in [-0.15, -0.1) is 0 Å². The van der Waals surface area contributed by atoms with Crippen LogP contribution >= 0.6 is 0 Å². The van der Waals surface area contributed by atoms with E-state index in [0.717, 1.165) is 12.8 Å². The van der Waals surface area contributed by atoms with Gasteiger partial charge in [-0.3, -0.25) is 9.59 Å². The van der Waals surface area contributed by atoms with Crippen LogP contribution in [0.1, 0.15) is 30.0 Å². The Kier molecular flexibility index (Phi) is 6.46. The van der Waals surface area contributed by atoms with E-state index in [2.05, 4.69) is 6.58 Å². The quantitative estimate of drug-likeness (QED) is 0.282. The van der Waals surface area contributed by atoms with Crippen LogP contribution in [0.3, 0.4) is 0 Å². The van der Waals surface area contributed by atoms with Gasteiger partial charge in [-0.05, 0) is 48.7 Å². The van der Waals surface area contributed by atoms with Gasteiger partial charge in [0.25, 0.3) is 11.7 Å². The van der Waals surface area contributed by atoms with Crippen molar-refractivity contribution in [1.29, 1.82) is 0 Å². The summed E-state index contributed by atoms with van der Waals surface area (Å²) in [5.41, 5.74) is 1.09. The Bertz CT molecular complexity index is 1160. The van der Waals surface area contributed by atoms with Gasteiger partial charge in [0.1, 0.15) is 31.3 Å². The van der Waals surface area contributed by atoms with Crippen molar-refractivity contribution < 1.29 is 33.6 Å². The first-order valence-electron chi connectivity index (χ1n) is 11.7. The fourth-order valence-electron chi connectivity index (χ4n) is 4.67. The molecule has 182 valence electrons. The summed E-state index contributed by atoms with van der Waals surface area (Å²) in [6, 6.07) is 11.3. The first kappa shape index (κ1) is 23.0. The number of aliphatic hydroxyl groups is 1. The highest BCUT2D eigenvalue weighted by atomic mass is 16.6. The van der Waals surface area contributed by atoms with Crippen LogP contribution < -0.4 is 14.2 Å². The Hall–Kier alpha value is -3.78. The van der Waals surface area contributed by atoms with Crippen LogP contribution in [0.15, 0.2) is 60.7 Å². The second-order valence-corrected chi connectivity index (χ2v) is 8.61. The molecule has 0 aliphatic carbocycles. The zero-order chi connectivity index (χ0) is 24.4. The van der Waals surface area contributed by atoms with Crippen molar-refractivity contribution in [2.75, 3.05) is 33.0 Å². The minimum Gasteiger partial charge on any atom is -0.507 e. The number of ketones is 1. The summed E-state index contributed by atoms with van der Waals surface area (Å²) in [4.78, 5) is 27.9. The maximum atomic E-state index is 13.2. The summed E-state index contributed by atoms with van der Waals surface area (Å²) in [5, 5.41) is 11.3. The van der Waals surface area contributed by atoms with Gasteiger partial charge < -0.3 is 29.0 Å². The minimum absolute atomic E-state index is 0.0319. The Labute approximate surface area is 203 Å². The lowest BCUT2D eigenvalue weighted by molar-refractivity contribution is -0.140. The lowest BCUT2D eigenvalue weighted by Crippen LogP contribution is -2.36. The number of likely N-dealkylation sites (tertiary alicyclic amines) is 1. The van der Waals surface area contributed by atoms with Crippen LogP contribution in [-0.2, 0) is 14.3 Å². The van der Waals surface area contributed by atoms with Crippen LogP contribution in [0.2, 0.25) is 0 Å². The normalized spacial score (nSPS) is 22.9. The number of ether oxygens (including phenoxy) is 4. The fourth-order valence-corrected chi connectivity index (χ4v) is 4.67. The van der Waals surface area contributed by atoms with E-state index in [4.69, 9.17) is 18.9 Å². The first-order chi connectivity index (χ1) is 17.1. The third-order valence-corrected chi connectivity index (χ3v) is 6.34. The van der Waals surface area contributed by atoms with E-state index in [-0.39, 0.29) is 24.0 Å². The second-order valence-electron chi connectivity index (χ2n) is 8.61. The van der Waals surface area contributed by atoms with Crippen molar-refractivity contribution >= 4 is 17.4 Å². The highest BCUT2D eigenvalue weighted by Gasteiger charge is 2.47. The molecule has 8 nitrogen and oxygen atoms in total. The summed E-state index contributed by atoms with van der Waals surface area (Å²) in [5.74, 6) is 0.0418. The van der Waals surface area contributed by atoms with E-state index in [9.17, 15) is 14.7 Å². The molecule has 5 rings (SSSR count). The monoisotopic (exact) mass is 477 g/mol. The van der Waals surface area contributed by atoms with Gasteiger partial charge in [-0.2, -0.15) is 0 Å². The van der Waals surface area contributed by atoms with Crippen molar-refractivity contribution in [3.05, 3.63) is 71.8 Å². The van der Waals surface area contributed by atoms with E-state index >= 15 is 0 Å². The van der Waals surface area contributed by atoms with Gasteiger partial charge in [0.05, 0.1) is 17.7 Å². The standard InChI is InChI=1S/C27H27NO7/c1-2-11-32-19-8-5-17(6-9-19)24-23(26(30)27(31)28(24)16-20-4-3-12-33-20)25(29)18-7-10-21-22(15-18)35-14-13-34-21/h2,5-10,15,20,24,29H,1,3-4,11-14,16H2/b25-23+. The maximum absolute atomic E-state index is 13.2. The average molecular weight is 478 g/mol.